The van der Waals surface area contributed by atoms with Gasteiger partial charge in [-0.1, -0.05) is 82.8 Å². The molecule has 0 spiro atoms. The minimum absolute atomic E-state index is 0.0137. The third kappa shape index (κ3) is 3.54. The van der Waals surface area contributed by atoms with E-state index in [1.165, 1.54) is 42.5 Å². The molecule has 0 aliphatic carbocycles. The van der Waals surface area contributed by atoms with Crippen LogP contribution in [0, 0.1) is 0 Å². The van der Waals surface area contributed by atoms with Crippen LogP contribution in [0.5, 0.6) is 11.5 Å². The van der Waals surface area contributed by atoms with Crippen molar-refractivity contribution in [3.05, 3.63) is 91.4 Å². The minimum Gasteiger partial charge on any atom is -0.504 e. The number of aromatic hydroxyl groups is 2. The highest BCUT2D eigenvalue weighted by atomic mass is 35.5. The van der Waals surface area contributed by atoms with Crippen LogP contribution < -0.4 is 0 Å². The van der Waals surface area contributed by atoms with Gasteiger partial charge in [0, 0.05) is 16.1 Å². The predicted octanol–water partition coefficient (Wildman–Crippen LogP) is 5.89. The summed E-state index contributed by atoms with van der Waals surface area (Å²) in [5.41, 5.74) is -0.601. The molecule has 0 aromatic heterocycles. The Balaban J connectivity index is 2.64. The number of halogens is 4. The van der Waals surface area contributed by atoms with Gasteiger partial charge in [-0.3, -0.25) is 4.55 Å². The second-order valence-electron chi connectivity index (χ2n) is 6.06. The monoisotopic (exact) mass is 492 g/mol. The van der Waals surface area contributed by atoms with E-state index in [4.69, 9.17) is 46.4 Å². The maximum absolute atomic E-state index is 13.0. The molecule has 0 bridgehead atoms. The Morgan fingerprint density at radius 1 is 0.759 bits per heavy atom. The van der Waals surface area contributed by atoms with Crippen LogP contribution in [0.3, 0.4) is 0 Å². The van der Waals surface area contributed by atoms with Crippen molar-refractivity contribution in [3.63, 3.8) is 0 Å². The Morgan fingerprint density at radius 3 is 1.97 bits per heavy atom. The molecule has 0 saturated heterocycles. The lowest BCUT2D eigenvalue weighted by molar-refractivity contribution is 0.394. The topological polar surface area (TPSA) is 94.8 Å². The van der Waals surface area contributed by atoms with Crippen LogP contribution in [0.1, 0.15) is 16.7 Å². The molecular formula is C19H12Cl4O5S. The van der Waals surface area contributed by atoms with E-state index in [1.807, 2.05) is 0 Å². The van der Waals surface area contributed by atoms with Crippen LogP contribution in [-0.2, 0) is 14.9 Å². The maximum Gasteiger partial charge on any atom is 0.283 e. The van der Waals surface area contributed by atoms with Gasteiger partial charge in [0.15, 0.2) is 16.2 Å². The van der Waals surface area contributed by atoms with Crippen molar-refractivity contribution in [1.82, 2.24) is 0 Å². The van der Waals surface area contributed by atoms with Crippen molar-refractivity contribution in [2.24, 2.45) is 0 Å². The van der Waals surface area contributed by atoms with Crippen molar-refractivity contribution in [2.45, 2.75) is 4.75 Å². The molecule has 0 aliphatic rings. The van der Waals surface area contributed by atoms with Crippen molar-refractivity contribution < 1.29 is 23.2 Å². The number of hydrogen-bond donors (Lipinski definition) is 3. The first-order chi connectivity index (χ1) is 13.5. The summed E-state index contributed by atoms with van der Waals surface area (Å²) < 4.78 is 33.9. The lowest BCUT2D eigenvalue weighted by Crippen LogP contribution is -2.38. The summed E-state index contributed by atoms with van der Waals surface area (Å²) in [7, 11) is -5.11. The molecule has 152 valence electrons. The molecule has 3 aromatic carbocycles. The molecule has 0 heterocycles. The van der Waals surface area contributed by atoms with E-state index in [0.29, 0.717) is 0 Å². The summed E-state index contributed by atoms with van der Waals surface area (Å²) in [6.45, 7) is 0. The smallest absolute Gasteiger partial charge is 0.283 e. The van der Waals surface area contributed by atoms with Crippen molar-refractivity contribution >= 4 is 56.5 Å². The predicted molar refractivity (Wildman–Crippen MR) is 114 cm³/mol. The summed E-state index contributed by atoms with van der Waals surface area (Å²) in [5, 5.41) is 20.3. The fourth-order valence-electron chi connectivity index (χ4n) is 3.21. The van der Waals surface area contributed by atoms with Gasteiger partial charge in [0.05, 0.1) is 15.1 Å². The summed E-state index contributed by atoms with van der Waals surface area (Å²) >= 11 is 24.4. The first-order valence-electron chi connectivity index (χ1n) is 7.90. The Hall–Kier alpha value is -1.67. The number of phenolic OH excluding ortho intramolecular Hbond substituents is 2. The summed E-state index contributed by atoms with van der Waals surface area (Å²) in [6.07, 6.45) is 0. The highest BCUT2D eigenvalue weighted by molar-refractivity contribution is 7.87. The Morgan fingerprint density at radius 2 is 1.38 bits per heavy atom. The average molecular weight is 494 g/mol. The van der Waals surface area contributed by atoms with Gasteiger partial charge in [-0.05, 0) is 23.8 Å². The van der Waals surface area contributed by atoms with Crippen LogP contribution in [0.2, 0.25) is 20.1 Å². The van der Waals surface area contributed by atoms with Gasteiger partial charge in [0.1, 0.15) is 0 Å². The lowest BCUT2D eigenvalue weighted by atomic mass is 9.83. The van der Waals surface area contributed by atoms with E-state index in [1.54, 1.807) is 6.07 Å². The second kappa shape index (κ2) is 7.87. The van der Waals surface area contributed by atoms with E-state index in [0.717, 1.165) is 6.07 Å². The number of phenols is 2. The molecule has 0 aliphatic heterocycles. The van der Waals surface area contributed by atoms with Crippen molar-refractivity contribution in [2.75, 3.05) is 0 Å². The molecule has 3 rings (SSSR count). The van der Waals surface area contributed by atoms with Crippen LogP contribution in [0.15, 0.2) is 54.6 Å². The van der Waals surface area contributed by atoms with Crippen LogP contribution >= 0.6 is 46.4 Å². The molecule has 0 radical (unpaired) electrons. The maximum atomic E-state index is 13.0. The minimum atomic E-state index is -5.11. The highest BCUT2D eigenvalue weighted by Crippen LogP contribution is 2.53. The standard InChI is InChI=1S/C19H12Cl4O5S/c20-11-8-13(16(23)15(22)9-11)19(29(26,27)28,10-4-2-1-3-5-10)12-6-7-14(21)18(25)17(12)24/h1-9,24-25H,(H,26,27,28). The van der Waals surface area contributed by atoms with E-state index in [-0.39, 0.29) is 31.2 Å². The SMILES string of the molecule is O=S(=O)(O)C(c1ccccc1)(c1ccc(Cl)c(O)c1O)c1cc(Cl)cc(Cl)c1Cl. The molecule has 1 atom stereocenters. The molecule has 0 fully saturated rings. The van der Waals surface area contributed by atoms with E-state index in [2.05, 4.69) is 0 Å². The first-order valence-corrected chi connectivity index (χ1v) is 10.9. The number of rotatable bonds is 4. The zero-order valence-corrected chi connectivity index (χ0v) is 18.1. The van der Waals surface area contributed by atoms with E-state index >= 15 is 0 Å². The molecule has 29 heavy (non-hydrogen) atoms. The van der Waals surface area contributed by atoms with Crippen LogP contribution in [-0.4, -0.2) is 23.2 Å². The molecule has 0 saturated carbocycles. The van der Waals surface area contributed by atoms with Gasteiger partial charge >= 0.3 is 0 Å². The van der Waals surface area contributed by atoms with Gasteiger partial charge in [0.2, 0.25) is 0 Å². The number of benzene rings is 3. The van der Waals surface area contributed by atoms with Crippen LogP contribution in [0.25, 0.3) is 0 Å². The Labute approximate surface area is 186 Å². The largest absolute Gasteiger partial charge is 0.504 e. The average Bonchev–Trinajstić information content (AvgIpc) is 2.65. The van der Waals surface area contributed by atoms with Gasteiger partial charge < -0.3 is 10.2 Å². The van der Waals surface area contributed by atoms with Crippen molar-refractivity contribution in [3.8, 4) is 11.5 Å². The van der Waals surface area contributed by atoms with Gasteiger partial charge in [-0.25, -0.2) is 0 Å². The molecular weight excluding hydrogens is 482 g/mol. The normalized spacial score (nSPS) is 13.8. The highest BCUT2D eigenvalue weighted by Gasteiger charge is 2.52. The van der Waals surface area contributed by atoms with Gasteiger partial charge in [-0.2, -0.15) is 8.42 Å². The summed E-state index contributed by atoms with van der Waals surface area (Å²) in [5.74, 6) is -1.62. The molecule has 1 unspecified atom stereocenters. The third-order valence-corrected chi connectivity index (χ3v) is 7.20. The third-order valence-electron chi connectivity index (χ3n) is 4.42. The Kier molecular flexibility index (Phi) is 5.98. The zero-order valence-electron chi connectivity index (χ0n) is 14.3. The van der Waals surface area contributed by atoms with E-state index in [9.17, 15) is 23.2 Å². The van der Waals surface area contributed by atoms with Crippen LogP contribution in [0.4, 0.5) is 0 Å². The van der Waals surface area contributed by atoms with E-state index < -0.39 is 31.9 Å². The number of hydrogen-bond acceptors (Lipinski definition) is 4. The fraction of sp³-hybridized carbons (Fsp3) is 0.0526. The second-order valence-corrected chi connectivity index (χ2v) is 9.25. The van der Waals surface area contributed by atoms with Gasteiger partial charge in [-0.15, -0.1) is 0 Å². The molecule has 3 N–H and O–H groups in total. The summed E-state index contributed by atoms with van der Waals surface area (Å²) in [6, 6.07) is 12.3. The van der Waals surface area contributed by atoms with Gasteiger partial charge in [0.25, 0.3) is 10.1 Å². The molecule has 10 heteroatoms. The summed E-state index contributed by atoms with van der Waals surface area (Å²) in [4.78, 5) is 0. The lowest BCUT2D eigenvalue weighted by Gasteiger charge is -2.34. The fourth-order valence-corrected chi connectivity index (χ4v) is 5.48. The van der Waals surface area contributed by atoms with Crippen molar-refractivity contribution in [1.29, 1.82) is 0 Å². The Bertz CT molecular complexity index is 1200. The zero-order chi connectivity index (χ0) is 21.6. The molecule has 0 amide bonds. The first kappa shape index (κ1) is 22.0. The molecule has 3 aromatic rings. The molecule has 5 nitrogen and oxygen atoms in total. The quantitative estimate of drug-likeness (QED) is 0.182.